The van der Waals surface area contributed by atoms with E-state index in [9.17, 15) is 23.5 Å². The van der Waals surface area contributed by atoms with Crippen LogP contribution in [0.4, 0.5) is 8.78 Å². The summed E-state index contributed by atoms with van der Waals surface area (Å²) in [6.45, 7) is 17.2. The van der Waals surface area contributed by atoms with Crippen molar-refractivity contribution in [1.82, 2.24) is 15.4 Å². The molecule has 9 aliphatic rings. The third kappa shape index (κ3) is 10.7. The lowest BCUT2D eigenvalue weighted by Crippen LogP contribution is -2.62. The van der Waals surface area contributed by atoms with Gasteiger partial charge in [-0.1, -0.05) is 51.8 Å². The summed E-state index contributed by atoms with van der Waals surface area (Å²) in [5, 5.41) is 23.9. The van der Waals surface area contributed by atoms with Crippen LogP contribution in [0.1, 0.15) is 92.2 Å². The number of carbonyl (C=O) groups excluding carboxylic acids is 2. The second-order valence-corrected chi connectivity index (χ2v) is 23.7. The van der Waals surface area contributed by atoms with Gasteiger partial charge in [0.2, 0.25) is 5.91 Å². The normalized spacial score (nSPS) is 34.9. The number of rotatable bonds is 13. The molecule has 72 heavy (non-hydrogen) atoms. The average molecular weight is 1140 g/mol. The number of amides is 1. The van der Waals surface area contributed by atoms with Gasteiger partial charge in [0.25, 0.3) is 0 Å². The SMILES string of the molecule is COc1c(Br)ccc(F)c1CN1O[C@@H](CN=[N+]=[N-])C2C1C(=O)O[C@H]2C.COc1c(Br)ccc(F)c1CN1O[C@@H](CN=[N+]=[N-])[C@@H]([C@H](C)O)[C@H]1C(=O)N[C@H]1C[C@H]2C[C@@H]([C@@H]1C)C2(C)C.C[C@@H]1[C@@H](N)C[C@H]2C[C@@H]1C2(C)C. The average Bonchev–Trinajstić information content (AvgIpc) is 3.99. The van der Waals surface area contributed by atoms with E-state index in [-0.39, 0.29) is 66.7 Å². The van der Waals surface area contributed by atoms with Gasteiger partial charge < -0.3 is 30.4 Å². The minimum atomic E-state index is -0.935. The van der Waals surface area contributed by atoms with Crippen molar-refractivity contribution in [3.05, 3.63) is 76.9 Å². The number of methoxy groups -OCH3 is 2. The smallest absolute Gasteiger partial charge is 0.326 e. The minimum Gasteiger partial charge on any atom is -0.495 e. The van der Waals surface area contributed by atoms with Crippen molar-refractivity contribution in [2.45, 2.75) is 143 Å². The van der Waals surface area contributed by atoms with Crippen LogP contribution < -0.4 is 20.5 Å². The number of aliphatic hydroxyl groups is 1. The van der Waals surface area contributed by atoms with Crippen LogP contribution in [-0.2, 0) is 37.1 Å². The van der Waals surface area contributed by atoms with E-state index in [1.807, 2.05) is 0 Å². The van der Waals surface area contributed by atoms with E-state index in [2.05, 4.69) is 98.8 Å². The van der Waals surface area contributed by atoms with Crippen LogP contribution in [-0.4, -0.2) is 103 Å². The molecule has 6 aliphatic carbocycles. The first-order valence-electron chi connectivity index (χ1n) is 24.9. The zero-order chi connectivity index (χ0) is 52.7. The van der Waals surface area contributed by atoms with Crippen molar-refractivity contribution < 1.29 is 47.4 Å². The van der Waals surface area contributed by atoms with Crippen molar-refractivity contribution in [3.63, 3.8) is 0 Å². The molecule has 6 saturated carbocycles. The fourth-order valence-electron chi connectivity index (χ4n) is 13.3. The highest BCUT2D eigenvalue weighted by Crippen LogP contribution is 2.62. The van der Waals surface area contributed by atoms with Gasteiger partial charge >= 0.3 is 5.97 Å². The number of azide groups is 2. The van der Waals surface area contributed by atoms with Crippen LogP contribution in [0.5, 0.6) is 11.5 Å². The Morgan fingerprint density at radius 2 is 1.36 bits per heavy atom. The molecular weight excluding hydrogens is 1070 g/mol. The van der Waals surface area contributed by atoms with Gasteiger partial charge in [-0.2, -0.15) is 10.1 Å². The molecule has 396 valence electrons. The maximum atomic E-state index is 14.9. The van der Waals surface area contributed by atoms with E-state index in [1.54, 1.807) is 26.0 Å². The Morgan fingerprint density at radius 3 is 1.83 bits per heavy atom. The topological polar surface area (TPSA) is 243 Å². The first-order valence-corrected chi connectivity index (χ1v) is 26.4. The molecule has 3 heterocycles. The molecule has 16 atom stereocenters. The number of benzene rings is 2. The van der Waals surface area contributed by atoms with Gasteiger partial charge in [0, 0.05) is 39.0 Å². The summed E-state index contributed by atoms with van der Waals surface area (Å²) in [7, 11) is 2.88. The Kier molecular flexibility index (Phi) is 17.5. The largest absolute Gasteiger partial charge is 0.495 e. The van der Waals surface area contributed by atoms with Crippen molar-refractivity contribution >= 4 is 43.7 Å². The van der Waals surface area contributed by atoms with Crippen LogP contribution in [0.15, 0.2) is 43.4 Å². The van der Waals surface area contributed by atoms with Crippen LogP contribution in [0.3, 0.4) is 0 Å². The van der Waals surface area contributed by atoms with E-state index in [0.29, 0.717) is 49.7 Å². The Morgan fingerprint density at radius 1 is 0.861 bits per heavy atom. The number of esters is 1. The van der Waals surface area contributed by atoms with Crippen molar-refractivity contribution in [3.8, 4) is 11.5 Å². The summed E-state index contributed by atoms with van der Waals surface area (Å²) in [6.07, 6.45) is 2.24. The van der Waals surface area contributed by atoms with Gasteiger partial charge in [0.05, 0.1) is 73.6 Å². The molecule has 0 radical (unpaired) electrons. The number of hydroxylamine groups is 4. The van der Waals surface area contributed by atoms with Gasteiger partial charge in [-0.15, -0.1) is 0 Å². The quantitative estimate of drug-likeness (QED) is 0.0738. The third-order valence-electron chi connectivity index (χ3n) is 17.8. The summed E-state index contributed by atoms with van der Waals surface area (Å²) >= 11 is 6.70. The lowest BCUT2D eigenvalue weighted by Gasteiger charge is -2.62. The summed E-state index contributed by atoms with van der Waals surface area (Å²) in [6, 6.07) is 4.62. The fourth-order valence-corrected chi connectivity index (χ4v) is 14.3. The number of hydrogen-bond donors (Lipinski definition) is 3. The zero-order valence-electron chi connectivity index (χ0n) is 42.7. The molecule has 2 unspecified atom stereocenters. The summed E-state index contributed by atoms with van der Waals surface area (Å²) in [5.41, 5.74) is 24.8. The minimum absolute atomic E-state index is 0.00972. The van der Waals surface area contributed by atoms with Gasteiger partial charge in [-0.3, -0.25) is 19.3 Å². The molecule has 18 nitrogen and oxygen atoms in total. The lowest BCUT2D eigenvalue weighted by atomic mass is 9.45. The number of cyclic esters (lactones) is 1. The van der Waals surface area contributed by atoms with Crippen LogP contribution in [0, 0.1) is 69.8 Å². The maximum absolute atomic E-state index is 14.9. The Labute approximate surface area is 437 Å². The molecule has 2 aromatic carbocycles. The van der Waals surface area contributed by atoms with E-state index in [1.165, 1.54) is 55.7 Å². The highest BCUT2D eigenvalue weighted by atomic mass is 79.9. The fraction of sp³-hybridized carbons (Fsp3) is 0.720. The zero-order valence-corrected chi connectivity index (χ0v) is 45.8. The maximum Gasteiger partial charge on any atom is 0.326 e. The van der Waals surface area contributed by atoms with Crippen molar-refractivity contribution in [1.29, 1.82) is 0 Å². The number of nitrogens with zero attached hydrogens (tertiary/aromatic N) is 8. The molecule has 2 aromatic rings. The van der Waals surface area contributed by atoms with Crippen LogP contribution in [0.2, 0.25) is 0 Å². The van der Waals surface area contributed by atoms with Crippen molar-refractivity contribution in [2.75, 3.05) is 27.3 Å². The standard InChI is InChI=1S/C25H35BrFN5O4.C15H16BrFN4O4.C10H19N/c1-12-16-8-14(25(16,3)4)9-19(12)30-24(34)22-21(13(2)33)20(10-29-31-28)36-32(22)11-15-18(27)7-6-17(26)23(15)35-5;1-7-12-11(5-19-20-18)25-21(13(12)15(22)24-7)6-8-10(17)4-3-9(16)14(8)23-2;1-6-8-4-7(5-9(6)11)10(8,2)3/h6-7,12-14,16,19-22,33H,8-11H2,1-5H3,(H,30,34);3-4,7,11-13H,5-6H2,1-2H3;6-9H,4-5,11H2,1-3H3/t12-,13-,14+,16-,19-,20-,21+,22-;7-,11-,12?,13?;6-,7+,8-,9-/m000/s1. The van der Waals surface area contributed by atoms with E-state index in [4.69, 9.17) is 40.7 Å². The number of aliphatic hydroxyl groups excluding tert-OH is 1. The third-order valence-corrected chi connectivity index (χ3v) is 19.0. The number of hydrogen-bond acceptors (Lipinski definition) is 13. The first kappa shape index (κ1) is 55.9. The monoisotopic (exact) mass is 1130 g/mol. The van der Waals surface area contributed by atoms with Gasteiger partial charge in [0.1, 0.15) is 41.3 Å². The second-order valence-electron chi connectivity index (χ2n) is 22.0. The van der Waals surface area contributed by atoms with Gasteiger partial charge in [-0.25, -0.2) is 8.78 Å². The van der Waals surface area contributed by atoms with Crippen LogP contribution in [0.25, 0.3) is 20.9 Å². The van der Waals surface area contributed by atoms with Gasteiger partial charge in [0.15, 0.2) is 0 Å². The van der Waals surface area contributed by atoms with E-state index >= 15 is 0 Å². The highest BCUT2D eigenvalue weighted by Gasteiger charge is 2.59. The Bertz CT molecular complexity index is 2430. The number of nitrogens with two attached hydrogens (primary N) is 1. The Hall–Kier alpha value is -3.82. The summed E-state index contributed by atoms with van der Waals surface area (Å²) in [4.78, 5) is 43.4. The predicted molar refractivity (Wildman–Crippen MR) is 270 cm³/mol. The highest BCUT2D eigenvalue weighted by molar-refractivity contribution is 9.11. The summed E-state index contributed by atoms with van der Waals surface area (Å²) in [5.74, 6) is 1.98. The molecule has 3 saturated heterocycles. The number of ether oxygens (including phenoxy) is 3. The Balaban J connectivity index is 0.000000181. The lowest BCUT2D eigenvalue weighted by molar-refractivity contribution is -0.189. The predicted octanol–water partition coefficient (Wildman–Crippen LogP) is 9.54. The molecule has 4 N–H and O–H groups in total. The number of halogens is 4. The number of fused-ring (bicyclic) bond motifs is 5. The number of nitrogens with one attached hydrogen (secondary N) is 1. The molecule has 4 bridgehead atoms. The molecule has 22 heteroatoms. The van der Waals surface area contributed by atoms with E-state index in [0.717, 1.165) is 24.2 Å². The number of carbonyl (C=O) groups is 2. The van der Waals surface area contributed by atoms with Crippen LogP contribution >= 0.6 is 31.9 Å². The van der Waals surface area contributed by atoms with Crippen molar-refractivity contribution in [2.24, 2.45) is 74.1 Å². The van der Waals surface area contributed by atoms with Gasteiger partial charge in [-0.05, 0) is 153 Å². The molecule has 9 fully saturated rings. The summed E-state index contributed by atoms with van der Waals surface area (Å²) < 4.78 is 46.3. The molecule has 0 aromatic heterocycles. The molecule has 1 amide bonds. The second kappa shape index (κ2) is 22.6. The first-order chi connectivity index (χ1) is 34.0. The molecule has 11 rings (SSSR count). The molecule has 0 spiro atoms. The van der Waals surface area contributed by atoms with E-state index < -0.39 is 53.9 Å². The molecular formula is C50H70Br2F2N10O8. The molecule has 3 aliphatic heterocycles.